The molecule has 0 atom stereocenters. The first-order valence-electron chi connectivity index (χ1n) is 11.4. The van der Waals surface area contributed by atoms with Gasteiger partial charge in [0.2, 0.25) is 11.9 Å². The van der Waals surface area contributed by atoms with Crippen molar-refractivity contribution in [3.63, 3.8) is 0 Å². The van der Waals surface area contributed by atoms with E-state index < -0.39 is 0 Å². The van der Waals surface area contributed by atoms with Crippen molar-refractivity contribution in [1.82, 2.24) is 19.7 Å². The average Bonchev–Trinajstić information content (AvgIpc) is 3.40. The Bertz CT molecular complexity index is 1220. The molecule has 3 aromatic heterocycles. The number of aromatic nitrogens is 4. The molecule has 8 heteroatoms. The normalized spacial score (nSPS) is 28.2. The van der Waals surface area contributed by atoms with E-state index in [-0.39, 0.29) is 16.9 Å². The van der Waals surface area contributed by atoms with Crippen LogP contribution in [0.4, 0.5) is 5.82 Å². The van der Waals surface area contributed by atoms with E-state index in [1.54, 1.807) is 22.9 Å². The van der Waals surface area contributed by atoms with Crippen LogP contribution in [-0.4, -0.2) is 25.7 Å². The van der Waals surface area contributed by atoms with Gasteiger partial charge in [0.15, 0.2) is 0 Å². The number of nitrogens with one attached hydrogen (secondary N) is 2. The fraction of sp³-hybridized carbons (Fsp3) is 0.500. The Morgan fingerprint density at radius 2 is 1.88 bits per heavy atom. The first-order chi connectivity index (χ1) is 15.4. The monoisotopic (exact) mass is 449 g/mol. The summed E-state index contributed by atoms with van der Waals surface area (Å²) in [5, 5.41) is 9.92. The SMILES string of the molecule is Cc1nc(-n2nc(-c3cccs3)cc2NC(=O)C23CC4CC(CC(C4)C2)C3)[nH]c(=O)c1C. The van der Waals surface area contributed by atoms with Gasteiger partial charge in [-0.25, -0.2) is 4.98 Å². The first kappa shape index (κ1) is 19.9. The average molecular weight is 450 g/mol. The second kappa shape index (κ2) is 7.13. The molecule has 166 valence electrons. The largest absolute Gasteiger partial charge is 0.310 e. The lowest BCUT2D eigenvalue weighted by Crippen LogP contribution is -2.51. The summed E-state index contributed by atoms with van der Waals surface area (Å²) in [6, 6.07) is 5.86. The van der Waals surface area contributed by atoms with Crippen molar-refractivity contribution in [2.75, 3.05) is 5.32 Å². The molecule has 7 rings (SSSR count). The van der Waals surface area contributed by atoms with Crippen LogP contribution < -0.4 is 10.9 Å². The van der Waals surface area contributed by atoms with E-state index in [4.69, 9.17) is 5.10 Å². The number of rotatable bonds is 4. The zero-order valence-electron chi connectivity index (χ0n) is 18.4. The highest BCUT2D eigenvalue weighted by molar-refractivity contribution is 7.13. The molecular formula is C24H27N5O2S. The zero-order chi connectivity index (χ0) is 22.0. The number of carbonyl (C=O) groups excluding carboxylic acids is 1. The topological polar surface area (TPSA) is 92.7 Å². The number of hydrogen-bond acceptors (Lipinski definition) is 5. The maximum Gasteiger partial charge on any atom is 0.255 e. The van der Waals surface area contributed by atoms with Gasteiger partial charge in [0, 0.05) is 17.3 Å². The number of aromatic amines is 1. The van der Waals surface area contributed by atoms with Crippen LogP contribution in [0.1, 0.15) is 49.8 Å². The summed E-state index contributed by atoms with van der Waals surface area (Å²) >= 11 is 1.59. The minimum absolute atomic E-state index is 0.0988. The Morgan fingerprint density at radius 3 is 2.47 bits per heavy atom. The van der Waals surface area contributed by atoms with Gasteiger partial charge in [-0.15, -0.1) is 11.3 Å². The Hall–Kier alpha value is -2.74. The van der Waals surface area contributed by atoms with Crippen molar-refractivity contribution in [3.8, 4) is 16.5 Å². The summed E-state index contributed by atoms with van der Waals surface area (Å²) in [6.45, 7) is 3.56. The molecule has 32 heavy (non-hydrogen) atoms. The van der Waals surface area contributed by atoms with Crippen molar-refractivity contribution in [2.45, 2.75) is 52.4 Å². The third kappa shape index (κ3) is 3.15. The summed E-state index contributed by atoms with van der Waals surface area (Å²) < 4.78 is 1.57. The molecule has 2 N–H and O–H groups in total. The van der Waals surface area contributed by atoms with Gasteiger partial charge in [0.25, 0.3) is 5.56 Å². The molecule has 1 amide bonds. The van der Waals surface area contributed by atoms with E-state index in [9.17, 15) is 9.59 Å². The van der Waals surface area contributed by atoms with Crippen LogP contribution in [0.2, 0.25) is 0 Å². The van der Waals surface area contributed by atoms with Crippen molar-refractivity contribution in [2.24, 2.45) is 23.2 Å². The molecule has 0 radical (unpaired) electrons. The van der Waals surface area contributed by atoms with Crippen LogP contribution >= 0.6 is 11.3 Å². The summed E-state index contributed by atoms with van der Waals surface area (Å²) in [6.07, 6.45) is 6.86. The van der Waals surface area contributed by atoms with Crippen molar-refractivity contribution in [1.29, 1.82) is 0 Å². The van der Waals surface area contributed by atoms with Crippen LogP contribution in [0.5, 0.6) is 0 Å². The third-order valence-electron chi connectivity index (χ3n) is 7.83. The maximum absolute atomic E-state index is 13.7. The Kier molecular flexibility index (Phi) is 4.44. The number of thiophene rings is 1. The van der Waals surface area contributed by atoms with Gasteiger partial charge in [-0.3, -0.25) is 14.6 Å². The molecule has 0 unspecified atom stereocenters. The van der Waals surface area contributed by atoms with Gasteiger partial charge >= 0.3 is 0 Å². The molecule has 4 bridgehead atoms. The van der Waals surface area contributed by atoms with Crippen LogP contribution in [-0.2, 0) is 4.79 Å². The molecule has 4 fully saturated rings. The predicted molar refractivity (Wildman–Crippen MR) is 124 cm³/mol. The van der Waals surface area contributed by atoms with Crippen LogP contribution in [0.3, 0.4) is 0 Å². The second-order valence-corrected chi connectivity index (χ2v) is 11.0. The number of carbonyl (C=O) groups is 1. The van der Waals surface area contributed by atoms with Crippen LogP contribution in [0, 0.1) is 37.0 Å². The van der Waals surface area contributed by atoms with E-state index in [1.165, 1.54) is 19.3 Å². The zero-order valence-corrected chi connectivity index (χ0v) is 19.2. The number of H-pyrrole nitrogens is 1. The van der Waals surface area contributed by atoms with E-state index in [0.717, 1.165) is 29.8 Å². The summed E-state index contributed by atoms with van der Waals surface area (Å²) in [5.74, 6) is 3.05. The highest BCUT2D eigenvalue weighted by atomic mass is 32.1. The van der Waals surface area contributed by atoms with Crippen molar-refractivity contribution in [3.05, 3.63) is 45.2 Å². The van der Waals surface area contributed by atoms with Gasteiger partial charge in [-0.05, 0) is 81.6 Å². The molecule has 3 heterocycles. The first-order valence-corrected chi connectivity index (χ1v) is 12.3. The van der Waals surface area contributed by atoms with E-state index in [0.29, 0.717) is 40.8 Å². The molecule has 0 saturated heterocycles. The molecule has 0 spiro atoms. The standard InChI is InChI=1S/C24H27N5O2S/c1-13-14(2)25-23(27-21(13)30)29-20(9-18(28-29)19-4-3-5-32-19)26-22(31)24-10-15-6-16(11-24)8-17(7-15)12-24/h3-5,9,15-17H,6-8,10-12H2,1-2H3,(H,26,31)(H,25,27,30). The van der Waals surface area contributed by atoms with E-state index >= 15 is 0 Å². The number of anilines is 1. The lowest BCUT2D eigenvalue weighted by Gasteiger charge is -2.55. The van der Waals surface area contributed by atoms with Crippen molar-refractivity contribution < 1.29 is 4.79 Å². The number of aryl methyl sites for hydroxylation is 1. The van der Waals surface area contributed by atoms with Crippen LogP contribution in [0.25, 0.3) is 16.5 Å². The minimum Gasteiger partial charge on any atom is -0.310 e. The number of nitrogens with zero attached hydrogens (tertiary/aromatic N) is 3. The fourth-order valence-electron chi connectivity index (χ4n) is 6.54. The second-order valence-electron chi connectivity index (χ2n) is 10.1. The summed E-state index contributed by atoms with van der Waals surface area (Å²) in [7, 11) is 0. The summed E-state index contributed by atoms with van der Waals surface area (Å²) in [5.41, 5.74) is 1.52. The number of hydrogen-bond donors (Lipinski definition) is 2. The van der Waals surface area contributed by atoms with Gasteiger partial charge in [0.1, 0.15) is 11.5 Å². The molecule has 4 aliphatic rings. The van der Waals surface area contributed by atoms with Gasteiger partial charge in [-0.1, -0.05) is 6.07 Å². The highest BCUT2D eigenvalue weighted by Crippen LogP contribution is 2.60. The molecule has 0 aromatic carbocycles. The highest BCUT2D eigenvalue weighted by Gasteiger charge is 2.54. The lowest BCUT2D eigenvalue weighted by atomic mass is 9.49. The van der Waals surface area contributed by atoms with Gasteiger partial charge < -0.3 is 5.32 Å². The Labute approximate surface area is 190 Å². The fourth-order valence-corrected chi connectivity index (χ4v) is 7.23. The van der Waals surface area contributed by atoms with Crippen molar-refractivity contribution >= 4 is 23.1 Å². The molecule has 0 aliphatic heterocycles. The quantitative estimate of drug-likeness (QED) is 0.615. The third-order valence-corrected chi connectivity index (χ3v) is 8.72. The maximum atomic E-state index is 13.7. The Morgan fingerprint density at radius 1 is 1.19 bits per heavy atom. The minimum atomic E-state index is -0.267. The molecule has 4 aliphatic carbocycles. The van der Waals surface area contributed by atoms with Crippen LogP contribution in [0.15, 0.2) is 28.4 Å². The van der Waals surface area contributed by atoms with Gasteiger partial charge in [-0.2, -0.15) is 9.78 Å². The van der Waals surface area contributed by atoms with E-state index in [2.05, 4.69) is 15.3 Å². The predicted octanol–water partition coefficient (Wildman–Crippen LogP) is 4.46. The smallest absolute Gasteiger partial charge is 0.255 e. The molecule has 4 saturated carbocycles. The lowest BCUT2D eigenvalue weighted by molar-refractivity contribution is -0.140. The molecular weight excluding hydrogens is 422 g/mol. The van der Waals surface area contributed by atoms with E-state index in [1.807, 2.05) is 30.5 Å². The number of amides is 1. The molecule has 3 aromatic rings. The Balaban J connectivity index is 1.39. The molecule has 7 nitrogen and oxygen atoms in total. The van der Waals surface area contributed by atoms with Gasteiger partial charge in [0.05, 0.1) is 10.3 Å². The summed E-state index contributed by atoms with van der Waals surface area (Å²) in [4.78, 5) is 34.5.